The van der Waals surface area contributed by atoms with Crippen LogP contribution in [0.2, 0.25) is 5.02 Å². The molecule has 0 bridgehead atoms. The van der Waals surface area contributed by atoms with Gasteiger partial charge in [0.2, 0.25) is 0 Å². The van der Waals surface area contributed by atoms with Crippen LogP contribution >= 0.6 is 39.3 Å². The van der Waals surface area contributed by atoms with Gasteiger partial charge < -0.3 is 9.47 Å². The molecule has 1 aromatic carbocycles. The lowest BCUT2D eigenvalue weighted by molar-refractivity contribution is -0.0959. The van der Waals surface area contributed by atoms with Crippen molar-refractivity contribution in [1.29, 1.82) is 0 Å². The standard InChI is InChI=1S/C15H18BrClO2S/c16-9-11-2-1-3-13(17)14(11)19-12-4-6-18-15(8-12)5-7-20-10-15/h1-3,12H,4-10H2. The van der Waals surface area contributed by atoms with Gasteiger partial charge >= 0.3 is 0 Å². The predicted octanol–water partition coefficient (Wildman–Crippen LogP) is 4.67. The zero-order valence-corrected chi connectivity index (χ0v) is 14.4. The predicted molar refractivity (Wildman–Crippen MR) is 88.4 cm³/mol. The molecule has 2 heterocycles. The number of hydrogen-bond donors (Lipinski definition) is 0. The molecule has 2 unspecified atom stereocenters. The molecule has 0 aromatic heterocycles. The Morgan fingerprint density at radius 2 is 2.40 bits per heavy atom. The van der Waals surface area contributed by atoms with Crippen molar-refractivity contribution in [2.24, 2.45) is 0 Å². The van der Waals surface area contributed by atoms with Gasteiger partial charge in [-0.1, -0.05) is 39.7 Å². The molecule has 2 saturated heterocycles. The average Bonchev–Trinajstić information content (AvgIpc) is 2.89. The summed E-state index contributed by atoms with van der Waals surface area (Å²) in [6.07, 6.45) is 3.28. The Kier molecular flexibility index (Phi) is 4.86. The van der Waals surface area contributed by atoms with Crippen molar-refractivity contribution in [3.63, 3.8) is 0 Å². The molecule has 0 amide bonds. The molecular formula is C15H18BrClO2S. The Balaban J connectivity index is 1.74. The molecule has 20 heavy (non-hydrogen) atoms. The number of para-hydroxylation sites is 1. The Morgan fingerprint density at radius 3 is 3.15 bits per heavy atom. The van der Waals surface area contributed by atoms with Crippen LogP contribution in [0.15, 0.2) is 18.2 Å². The van der Waals surface area contributed by atoms with Crippen molar-refractivity contribution in [1.82, 2.24) is 0 Å². The molecule has 0 N–H and O–H groups in total. The van der Waals surface area contributed by atoms with Crippen LogP contribution in [0.1, 0.15) is 24.8 Å². The van der Waals surface area contributed by atoms with Gasteiger partial charge in [0, 0.05) is 29.5 Å². The first kappa shape index (κ1) is 15.0. The van der Waals surface area contributed by atoms with Gasteiger partial charge in [-0.25, -0.2) is 0 Å². The van der Waals surface area contributed by atoms with Crippen molar-refractivity contribution < 1.29 is 9.47 Å². The molecule has 110 valence electrons. The fourth-order valence-electron chi connectivity index (χ4n) is 2.90. The third-order valence-corrected chi connectivity index (χ3v) is 6.12. The molecule has 3 rings (SSSR count). The van der Waals surface area contributed by atoms with Gasteiger partial charge in [-0.3, -0.25) is 0 Å². The Hall–Kier alpha value is 0.1000. The van der Waals surface area contributed by atoms with Gasteiger partial charge in [-0.2, -0.15) is 11.8 Å². The SMILES string of the molecule is Clc1cccc(CBr)c1OC1CCOC2(CCSC2)C1. The second-order valence-corrected chi connectivity index (χ2v) is 7.50. The summed E-state index contributed by atoms with van der Waals surface area (Å²) in [5, 5.41) is 1.45. The molecule has 5 heteroatoms. The fraction of sp³-hybridized carbons (Fsp3) is 0.600. The third kappa shape index (κ3) is 3.13. The lowest BCUT2D eigenvalue weighted by Gasteiger charge is -2.38. The van der Waals surface area contributed by atoms with Crippen molar-refractivity contribution in [2.75, 3.05) is 18.1 Å². The largest absolute Gasteiger partial charge is 0.488 e. The Labute approximate surface area is 137 Å². The topological polar surface area (TPSA) is 18.5 Å². The van der Waals surface area contributed by atoms with Crippen molar-refractivity contribution in [3.8, 4) is 5.75 Å². The lowest BCUT2D eigenvalue weighted by Crippen LogP contribution is -2.43. The summed E-state index contributed by atoms with van der Waals surface area (Å²) in [6, 6.07) is 5.91. The van der Waals surface area contributed by atoms with Gasteiger partial charge in [0.15, 0.2) is 0 Å². The van der Waals surface area contributed by atoms with E-state index in [0.717, 1.165) is 48.3 Å². The van der Waals surface area contributed by atoms with Crippen LogP contribution in [-0.4, -0.2) is 29.8 Å². The first-order valence-electron chi connectivity index (χ1n) is 6.94. The van der Waals surface area contributed by atoms with Gasteiger partial charge in [0.05, 0.1) is 17.2 Å². The molecule has 2 nitrogen and oxygen atoms in total. The summed E-state index contributed by atoms with van der Waals surface area (Å²) in [6.45, 7) is 0.791. The van der Waals surface area contributed by atoms with Crippen LogP contribution in [0.25, 0.3) is 0 Å². The minimum atomic E-state index is 0.0450. The molecule has 0 radical (unpaired) electrons. The molecular weight excluding hydrogens is 360 g/mol. The van der Waals surface area contributed by atoms with E-state index in [4.69, 9.17) is 21.1 Å². The van der Waals surface area contributed by atoms with E-state index in [1.54, 1.807) is 0 Å². The maximum absolute atomic E-state index is 6.30. The lowest BCUT2D eigenvalue weighted by atomic mass is 9.91. The van der Waals surface area contributed by atoms with Crippen LogP contribution < -0.4 is 4.74 Å². The number of hydrogen-bond acceptors (Lipinski definition) is 3. The number of thioether (sulfide) groups is 1. The molecule has 2 atom stereocenters. The monoisotopic (exact) mass is 376 g/mol. The average molecular weight is 378 g/mol. The number of ether oxygens (including phenoxy) is 2. The molecule has 1 spiro atoms. The van der Waals surface area contributed by atoms with Crippen LogP contribution in [0.4, 0.5) is 0 Å². The second kappa shape index (κ2) is 6.47. The smallest absolute Gasteiger partial charge is 0.142 e. The van der Waals surface area contributed by atoms with E-state index in [0.29, 0.717) is 5.02 Å². The van der Waals surface area contributed by atoms with Crippen molar-refractivity contribution in [3.05, 3.63) is 28.8 Å². The van der Waals surface area contributed by atoms with E-state index >= 15 is 0 Å². The zero-order valence-electron chi connectivity index (χ0n) is 11.2. The summed E-state index contributed by atoms with van der Waals surface area (Å²) in [4.78, 5) is 0. The summed E-state index contributed by atoms with van der Waals surface area (Å²) < 4.78 is 12.3. The molecule has 1 aromatic rings. The van der Waals surface area contributed by atoms with Gasteiger partial charge in [-0.15, -0.1) is 0 Å². The van der Waals surface area contributed by atoms with Gasteiger partial charge in [0.1, 0.15) is 11.9 Å². The minimum Gasteiger partial charge on any atom is -0.488 e. The minimum absolute atomic E-state index is 0.0450. The van der Waals surface area contributed by atoms with E-state index in [-0.39, 0.29) is 11.7 Å². The Bertz CT molecular complexity index is 477. The van der Waals surface area contributed by atoms with E-state index in [9.17, 15) is 0 Å². The molecule has 0 saturated carbocycles. The van der Waals surface area contributed by atoms with Gasteiger partial charge in [-0.05, 0) is 18.2 Å². The number of halogens is 2. The Morgan fingerprint density at radius 1 is 1.50 bits per heavy atom. The van der Waals surface area contributed by atoms with Crippen LogP contribution in [0.5, 0.6) is 5.75 Å². The highest BCUT2D eigenvalue weighted by Crippen LogP contribution is 2.40. The highest BCUT2D eigenvalue weighted by molar-refractivity contribution is 9.08. The summed E-state index contributed by atoms with van der Waals surface area (Å²) in [5.41, 5.74) is 1.16. The van der Waals surface area contributed by atoms with Crippen molar-refractivity contribution >= 4 is 39.3 Å². The van der Waals surface area contributed by atoms with Crippen LogP contribution in [0.3, 0.4) is 0 Å². The van der Waals surface area contributed by atoms with Crippen LogP contribution in [0, 0.1) is 0 Å². The molecule has 2 fully saturated rings. The summed E-state index contributed by atoms with van der Waals surface area (Å²) in [5.74, 6) is 3.13. The number of rotatable bonds is 3. The zero-order chi connectivity index (χ0) is 14.0. The molecule has 2 aliphatic heterocycles. The quantitative estimate of drug-likeness (QED) is 0.713. The second-order valence-electron chi connectivity index (χ2n) is 5.43. The first-order valence-corrected chi connectivity index (χ1v) is 9.60. The van der Waals surface area contributed by atoms with E-state index in [1.165, 1.54) is 5.75 Å². The van der Waals surface area contributed by atoms with Gasteiger partial charge in [0.25, 0.3) is 0 Å². The normalized spacial score (nSPS) is 29.8. The highest BCUT2D eigenvalue weighted by atomic mass is 79.9. The third-order valence-electron chi connectivity index (χ3n) is 3.99. The fourth-order valence-corrected chi connectivity index (χ4v) is 4.96. The van der Waals surface area contributed by atoms with E-state index < -0.39 is 0 Å². The highest BCUT2D eigenvalue weighted by Gasteiger charge is 2.41. The summed E-state index contributed by atoms with van der Waals surface area (Å²) >= 11 is 11.8. The van der Waals surface area contributed by atoms with Crippen molar-refractivity contribution in [2.45, 2.75) is 36.3 Å². The molecule has 2 aliphatic rings. The first-order chi connectivity index (χ1) is 9.72. The maximum Gasteiger partial charge on any atom is 0.142 e. The molecule has 0 aliphatic carbocycles. The van der Waals surface area contributed by atoms with E-state index in [2.05, 4.69) is 22.0 Å². The van der Waals surface area contributed by atoms with Crippen LogP contribution in [-0.2, 0) is 10.1 Å². The maximum atomic E-state index is 6.30. The number of benzene rings is 1. The summed E-state index contributed by atoms with van der Waals surface area (Å²) in [7, 11) is 0. The number of alkyl halides is 1. The van der Waals surface area contributed by atoms with E-state index in [1.807, 2.05) is 23.9 Å².